The zero-order chi connectivity index (χ0) is 15.2. The van der Waals surface area contributed by atoms with E-state index in [1.54, 1.807) is 12.5 Å². The quantitative estimate of drug-likeness (QED) is 0.912. The fraction of sp³-hybridized carbons (Fsp3) is 0.438. The maximum Gasteiger partial charge on any atom is 0.134 e. The van der Waals surface area contributed by atoms with E-state index in [1.807, 2.05) is 25.4 Å². The van der Waals surface area contributed by atoms with Gasteiger partial charge in [0.05, 0.1) is 12.6 Å². The van der Waals surface area contributed by atoms with Crippen molar-refractivity contribution in [1.29, 1.82) is 0 Å². The van der Waals surface area contributed by atoms with Gasteiger partial charge < -0.3 is 15.0 Å². The molecule has 6 heteroatoms. The second-order valence-corrected chi connectivity index (χ2v) is 5.54. The summed E-state index contributed by atoms with van der Waals surface area (Å²) in [6, 6.07) is 6.31. The maximum absolute atomic E-state index is 5.49. The van der Waals surface area contributed by atoms with Crippen molar-refractivity contribution < 1.29 is 4.74 Å². The molecule has 1 aliphatic rings. The highest BCUT2D eigenvalue weighted by molar-refractivity contribution is 5.48. The Kier molecular flexibility index (Phi) is 4.80. The first-order valence-electron chi connectivity index (χ1n) is 7.57. The third-order valence-corrected chi connectivity index (χ3v) is 3.70. The van der Waals surface area contributed by atoms with Gasteiger partial charge in [0.15, 0.2) is 0 Å². The highest BCUT2D eigenvalue weighted by Gasteiger charge is 2.14. The molecule has 0 spiro atoms. The van der Waals surface area contributed by atoms with E-state index in [2.05, 4.69) is 31.2 Å². The average molecular weight is 299 g/mol. The van der Waals surface area contributed by atoms with E-state index in [0.29, 0.717) is 6.04 Å². The lowest BCUT2D eigenvalue weighted by Gasteiger charge is -2.24. The molecule has 0 amide bonds. The summed E-state index contributed by atoms with van der Waals surface area (Å²) in [5.74, 6) is 1.73. The normalized spacial score (nSPS) is 18.0. The third kappa shape index (κ3) is 3.92. The monoisotopic (exact) mass is 299 g/mol. The van der Waals surface area contributed by atoms with E-state index in [9.17, 15) is 0 Å². The summed E-state index contributed by atoms with van der Waals surface area (Å²) in [5.41, 5.74) is 1.15. The van der Waals surface area contributed by atoms with Crippen LogP contribution in [0.2, 0.25) is 0 Å². The van der Waals surface area contributed by atoms with Crippen LogP contribution in [-0.4, -0.2) is 41.3 Å². The van der Waals surface area contributed by atoms with Crippen LogP contribution in [0.1, 0.15) is 18.4 Å². The summed E-state index contributed by atoms with van der Waals surface area (Å²) in [7, 11) is 2.02. The minimum absolute atomic E-state index is 0.333. The highest BCUT2D eigenvalue weighted by Crippen LogP contribution is 2.17. The van der Waals surface area contributed by atoms with Gasteiger partial charge in [0.1, 0.15) is 18.0 Å². The molecule has 0 aliphatic carbocycles. The molecule has 0 bridgehead atoms. The number of anilines is 2. The molecule has 0 saturated carbocycles. The zero-order valence-corrected chi connectivity index (χ0v) is 12.8. The largest absolute Gasteiger partial charge is 0.379 e. The molecule has 0 radical (unpaired) electrons. The lowest BCUT2D eigenvalue weighted by atomic mass is 10.1. The van der Waals surface area contributed by atoms with Gasteiger partial charge in [0.2, 0.25) is 0 Å². The van der Waals surface area contributed by atoms with Gasteiger partial charge in [-0.15, -0.1) is 0 Å². The standard InChI is InChI=1S/C16H21N5O/c1-21(10-13-4-2-6-17-9-13)16-8-15(18-12-19-16)20-14-5-3-7-22-11-14/h2,4,6,8-9,12,14H,3,5,7,10-11H2,1H3,(H,18,19,20)/t14-/m1/s1. The van der Waals surface area contributed by atoms with Crippen LogP contribution in [0, 0.1) is 0 Å². The number of pyridine rings is 1. The number of nitrogens with zero attached hydrogens (tertiary/aromatic N) is 4. The van der Waals surface area contributed by atoms with Crippen LogP contribution < -0.4 is 10.2 Å². The number of rotatable bonds is 5. The van der Waals surface area contributed by atoms with Crippen LogP contribution in [0.3, 0.4) is 0 Å². The zero-order valence-electron chi connectivity index (χ0n) is 12.8. The van der Waals surface area contributed by atoms with Crippen molar-refractivity contribution >= 4 is 11.6 Å². The van der Waals surface area contributed by atoms with Crippen molar-refractivity contribution in [2.45, 2.75) is 25.4 Å². The lowest BCUT2D eigenvalue weighted by Crippen LogP contribution is -2.30. The summed E-state index contributed by atoms with van der Waals surface area (Å²) < 4.78 is 5.49. The van der Waals surface area contributed by atoms with Crippen molar-refractivity contribution in [2.75, 3.05) is 30.5 Å². The van der Waals surface area contributed by atoms with Crippen molar-refractivity contribution in [3.8, 4) is 0 Å². The number of nitrogens with one attached hydrogen (secondary N) is 1. The van der Waals surface area contributed by atoms with E-state index in [0.717, 1.165) is 49.8 Å². The lowest BCUT2D eigenvalue weighted by molar-refractivity contribution is 0.0875. The molecule has 1 N–H and O–H groups in total. The average Bonchev–Trinajstić information content (AvgIpc) is 2.57. The third-order valence-electron chi connectivity index (χ3n) is 3.70. The van der Waals surface area contributed by atoms with Gasteiger partial charge in [0, 0.05) is 38.7 Å². The van der Waals surface area contributed by atoms with Gasteiger partial charge in [0.25, 0.3) is 0 Å². The molecule has 1 saturated heterocycles. The van der Waals surface area contributed by atoms with E-state index in [1.165, 1.54) is 0 Å². The first-order valence-corrected chi connectivity index (χ1v) is 7.57. The molecule has 2 aromatic heterocycles. The number of aromatic nitrogens is 3. The van der Waals surface area contributed by atoms with E-state index < -0.39 is 0 Å². The summed E-state index contributed by atoms with van der Waals surface area (Å²) in [6.07, 6.45) is 7.46. The van der Waals surface area contributed by atoms with Crippen LogP contribution in [0.5, 0.6) is 0 Å². The van der Waals surface area contributed by atoms with Gasteiger partial charge in [-0.05, 0) is 24.5 Å². The van der Waals surface area contributed by atoms with E-state index >= 15 is 0 Å². The summed E-state index contributed by atoms with van der Waals surface area (Å²) >= 11 is 0. The summed E-state index contributed by atoms with van der Waals surface area (Å²) in [4.78, 5) is 14.9. The Morgan fingerprint density at radius 3 is 3.14 bits per heavy atom. The van der Waals surface area contributed by atoms with Crippen molar-refractivity contribution in [3.63, 3.8) is 0 Å². The van der Waals surface area contributed by atoms with Crippen molar-refractivity contribution in [1.82, 2.24) is 15.0 Å². The van der Waals surface area contributed by atoms with Crippen LogP contribution in [0.25, 0.3) is 0 Å². The Morgan fingerprint density at radius 1 is 1.41 bits per heavy atom. The fourth-order valence-electron chi connectivity index (χ4n) is 2.54. The Bertz CT molecular complexity index is 586. The second-order valence-electron chi connectivity index (χ2n) is 5.54. The molecule has 6 nitrogen and oxygen atoms in total. The first-order chi connectivity index (χ1) is 10.8. The molecule has 0 aromatic carbocycles. The molecular weight excluding hydrogens is 278 g/mol. The number of hydrogen-bond acceptors (Lipinski definition) is 6. The number of ether oxygens (including phenoxy) is 1. The summed E-state index contributed by atoms with van der Waals surface area (Å²) in [6.45, 7) is 2.36. The van der Waals surface area contributed by atoms with Crippen molar-refractivity contribution in [2.24, 2.45) is 0 Å². The predicted octanol–water partition coefficient (Wildman–Crippen LogP) is 2.10. The highest BCUT2D eigenvalue weighted by atomic mass is 16.5. The van der Waals surface area contributed by atoms with Gasteiger partial charge >= 0.3 is 0 Å². The topological polar surface area (TPSA) is 63.2 Å². The van der Waals surface area contributed by atoms with Gasteiger partial charge in [-0.2, -0.15) is 0 Å². The van der Waals surface area contributed by atoms with Gasteiger partial charge in [-0.25, -0.2) is 9.97 Å². The molecule has 1 atom stereocenters. The Labute approximate surface area is 130 Å². The van der Waals surface area contributed by atoms with Crippen LogP contribution in [0.4, 0.5) is 11.6 Å². The first kappa shape index (κ1) is 14.7. The van der Waals surface area contributed by atoms with Crippen molar-refractivity contribution in [3.05, 3.63) is 42.5 Å². The smallest absolute Gasteiger partial charge is 0.134 e. The van der Waals surface area contributed by atoms with Crippen LogP contribution in [-0.2, 0) is 11.3 Å². The fourth-order valence-corrected chi connectivity index (χ4v) is 2.54. The maximum atomic E-state index is 5.49. The molecule has 1 aliphatic heterocycles. The minimum atomic E-state index is 0.333. The second kappa shape index (κ2) is 7.17. The van der Waals surface area contributed by atoms with Gasteiger partial charge in [-0.1, -0.05) is 6.07 Å². The minimum Gasteiger partial charge on any atom is -0.379 e. The Balaban J connectivity index is 1.64. The van der Waals surface area contributed by atoms with Gasteiger partial charge in [-0.3, -0.25) is 4.98 Å². The predicted molar refractivity (Wildman–Crippen MR) is 85.8 cm³/mol. The van der Waals surface area contributed by atoms with Crippen LogP contribution >= 0.6 is 0 Å². The molecule has 2 aromatic rings. The van der Waals surface area contributed by atoms with E-state index in [-0.39, 0.29) is 0 Å². The molecule has 3 rings (SSSR count). The molecule has 3 heterocycles. The SMILES string of the molecule is CN(Cc1cccnc1)c1cc(N[C@@H]2CCCOC2)ncn1. The Hall–Kier alpha value is -2.21. The molecular formula is C16H21N5O. The van der Waals surface area contributed by atoms with Crippen LogP contribution in [0.15, 0.2) is 36.9 Å². The molecule has 116 valence electrons. The molecule has 1 fully saturated rings. The Morgan fingerprint density at radius 2 is 2.36 bits per heavy atom. The number of hydrogen-bond donors (Lipinski definition) is 1. The molecule has 0 unspecified atom stereocenters. The molecule has 22 heavy (non-hydrogen) atoms. The van der Waals surface area contributed by atoms with E-state index in [4.69, 9.17) is 4.74 Å². The summed E-state index contributed by atoms with van der Waals surface area (Å²) in [5, 5.41) is 3.42.